The minimum Gasteiger partial charge on any atom is -0.492 e. The number of nitrogens with one attached hydrogen (secondary N) is 1. The minimum atomic E-state index is -0.158. The van der Waals surface area contributed by atoms with Crippen molar-refractivity contribution >= 4 is 5.69 Å². The monoisotopic (exact) mass is 302 g/mol. The van der Waals surface area contributed by atoms with Crippen LogP contribution in [0.25, 0.3) is 0 Å². The fourth-order valence-corrected chi connectivity index (χ4v) is 2.32. The highest BCUT2D eigenvalue weighted by Gasteiger charge is 2.02. The number of aryl methyl sites for hydroxylation is 1. The van der Waals surface area contributed by atoms with Gasteiger partial charge in [0.25, 0.3) is 0 Å². The van der Waals surface area contributed by atoms with Gasteiger partial charge in [0.1, 0.15) is 11.6 Å². The van der Waals surface area contributed by atoms with Gasteiger partial charge in [-0.1, -0.05) is 24.3 Å². The molecular formula is C18H23FN2O. The highest BCUT2D eigenvalue weighted by molar-refractivity contribution is 5.54. The zero-order valence-corrected chi connectivity index (χ0v) is 12.9. The van der Waals surface area contributed by atoms with Gasteiger partial charge in [-0.2, -0.15) is 0 Å². The fraction of sp³-hybridized carbons (Fsp3) is 0.333. The lowest BCUT2D eigenvalue weighted by molar-refractivity contribution is 0.342. The van der Waals surface area contributed by atoms with Gasteiger partial charge in [-0.25, -0.2) is 4.39 Å². The second kappa shape index (κ2) is 8.39. The van der Waals surface area contributed by atoms with E-state index in [1.807, 2.05) is 31.2 Å². The highest BCUT2D eigenvalue weighted by Crippen LogP contribution is 2.23. The minimum absolute atomic E-state index is 0.158. The number of hydrogen-bond donors (Lipinski definition) is 2. The van der Waals surface area contributed by atoms with Crippen molar-refractivity contribution in [3.8, 4) is 5.75 Å². The maximum atomic E-state index is 13.4. The number of anilines is 1. The molecule has 0 fully saturated rings. The van der Waals surface area contributed by atoms with Crippen molar-refractivity contribution in [2.45, 2.75) is 26.3 Å². The van der Waals surface area contributed by atoms with E-state index >= 15 is 0 Å². The smallest absolute Gasteiger partial charge is 0.142 e. The molecule has 2 rings (SSSR count). The van der Waals surface area contributed by atoms with Crippen LogP contribution in [-0.4, -0.2) is 13.2 Å². The first-order valence-electron chi connectivity index (χ1n) is 7.66. The quantitative estimate of drug-likeness (QED) is 0.579. The Morgan fingerprint density at radius 3 is 2.73 bits per heavy atom. The van der Waals surface area contributed by atoms with Crippen LogP contribution in [0, 0.1) is 5.82 Å². The van der Waals surface area contributed by atoms with Crippen molar-refractivity contribution in [1.82, 2.24) is 5.32 Å². The number of hydrogen-bond acceptors (Lipinski definition) is 3. The van der Waals surface area contributed by atoms with Crippen molar-refractivity contribution < 1.29 is 9.13 Å². The third kappa shape index (κ3) is 4.74. The predicted molar refractivity (Wildman–Crippen MR) is 88.5 cm³/mol. The molecule has 2 aromatic carbocycles. The first-order chi connectivity index (χ1) is 10.7. The van der Waals surface area contributed by atoms with Crippen molar-refractivity contribution in [1.29, 1.82) is 0 Å². The Labute approximate surface area is 131 Å². The topological polar surface area (TPSA) is 47.3 Å². The van der Waals surface area contributed by atoms with E-state index in [0.29, 0.717) is 24.4 Å². The number of halogens is 1. The summed E-state index contributed by atoms with van der Waals surface area (Å²) in [4.78, 5) is 0. The van der Waals surface area contributed by atoms with Crippen LogP contribution in [0.5, 0.6) is 5.75 Å². The van der Waals surface area contributed by atoms with Gasteiger partial charge in [-0.3, -0.25) is 0 Å². The molecule has 3 N–H and O–H groups in total. The Morgan fingerprint density at radius 1 is 1.18 bits per heavy atom. The van der Waals surface area contributed by atoms with Crippen molar-refractivity contribution in [2.24, 2.45) is 0 Å². The van der Waals surface area contributed by atoms with E-state index in [0.717, 1.165) is 25.1 Å². The fourth-order valence-electron chi connectivity index (χ4n) is 2.32. The largest absolute Gasteiger partial charge is 0.492 e. The van der Waals surface area contributed by atoms with Gasteiger partial charge < -0.3 is 15.8 Å². The average Bonchev–Trinajstić information content (AvgIpc) is 2.51. The maximum Gasteiger partial charge on any atom is 0.142 e. The molecule has 0 saturated carbocycles. The number of ether oxygens (including phenoxy) is 1. The molecule has 2 aromatic rings. The molecule has 3 nitrogen and oxygen atoms in total. The summed E-state index contributed by atoms with van der Waals surface area (Å²) in [5.74, 6) is 0.582. The van der Waals surface area contributed by atoms with E-state index in [-0.39, 0.29) is 5.82 Å². The predicted octanol–water partition coefficient (Wildman–Crippen LogP) is 3.53. The highest BCUT2D eigenvalue weighted by atomic mass is 19.1. The lowest BCUT2D eigenvalue weighted by Crippen LogP contribution is -2.16. The van der Waals surface area contributed by atoms with Crippen LogP contribution in [0.1, 0.15) is 24.5 Å². The second-order valence-corrected chi connectivity index (χ2v) is 5.18. The number of rotatable bonds is 8. The molecule has 0 bridgehead atoms. The molecule has 0 aromatic heterocycles. The number of nitrogen functional groups attached to an aromatic ring is 1. The van der Waals surface area contributed by atoms with Crippen LogP contribution in [0.2, 0.25) is 0 Å². The van der Waals surface area contributed by atoms with E-state index in [2.05, 4.69) is 5.32 Å². The summed E-state index contributed by atoms with van der Waals surface area (Å²) in [5, 5.41) is 3.26. The lowest BCUT2D eigenvalue weighted by Gasteiger charge is -2.09. The molecule has 22 heavy (non-hydrogen) atoms. The van der Waals surface area contributed by atoms with Gasteiger partial charge in [0.15, 0.2) is 0 Å². The summed E-state index contributed by atoms with van der Waals surface area (Å²) in [6.07, 6.45) is 1.91. The normalized spacial score (nSPS) is 10.6. The molecule has 118 valence electrons. The molecule has 0 atom stereocenters. The molecule has 0 saturated heterocycles. The van der Waals surface area contributed by atoms with Crippen LogP contribution >= 0.6 is 0 Å². The summed E-state index contributed by atoms with van der Waals surface area (Å²) < 4.78 is 18.9. The Kier molecular flexibility index (Phi) is 6.22. The molecule has 0 unspecified atom stereocenters. The third-order valence-corrected chi connectivity index (χ3v) is 3.47. The van der Waals surface area contributed by atoms with Crippen LogP contribution in [0.4, 0.5) is 10.1 Å². The van der Waals surface area contributed by atoms with Crippen LogP contribution in [0.15, 0.2) is 42.5 Å². The van der Waals surface area contributed by atoms with E-state index in [1.165, 1.54) is 11.6 Å². The zero-order chi connectivity index (χ0) is 15.8. The third-order valence-electron chi connectivity index (χ3n) is 3.47. The summed E-state index contributed by atoms with van der Waals surface area (Å²) >= 11 is 0. The summed E-state index contributed by atoms with van der Waals surface area (Å²) in [5.41, 5.74) is 8.52. The van der Waals surface area contributed by atoms with Gasteiger partial charge in [-0.05, 0) is 50.1 Å². The van der Waals surface area contributed by atoms with Crippen LogP contribution in [0.3, 0.4) is 0 Å². The molecule has 0 amide bonds. The number of nitrogens with two attached hydrogens (primary N) is 1. The van der Waals surface area contributed by atoms with E-state index in [9.17, 15) is 4.39 Å². The molecule has 4 heteroatoms. The summed E-state index contributed by atoms with van der Waals surface area (Å²) in [6, 6.07) is 12.8. The lowest BCUT2D eigenvalue weighted by atomic mass is 10.1. The van der Waals surface area contributed by atoms with Crippen molar-refractivity contribution in [3.05, 3.63) is 59.4 Å². The van der Waals surface area contributed by atoms with Crippen molar-refractivity contribution in [3.63, 3.8) is 0 Å². The van der Waals surface area contributed by atoms with E-state index in [1.54, 1.807) is 12.1 Å². The molecule has 0 radical (unpaired) electrons. The van der Waals surface area contributed by atoms with Gasteiger partial charge in [0.2, 0.25) is 0 Å². The first kappa shape index (κ1) is 16.3. The standard InChI is InChI=1S/C18H23FN2O/c1-2-22-18-10-9-14(12-17(18)20)6-5-11-21-13-15-7-3-4-8-16(15)19/h3-4,7-10,12,21H,2,5-6,11,13,20H2,1H3. The molecular weight excluding hydrogens is 279 g/mol. The van der Waals surface area contributed by atoms with E-state index in [4.69, 9.17) is 10.5 Å². The molecule has 0 spiro atoms. The van der Waals surface area contributed by atoms with E-state index < -0.39 is 0 Å². The Morgan fingerprint density at radius 2 is 2.00 bits per heavy atom. The molecule has 0 heterocycles. The molecule has 0 aliphatic heterocycles. The zero-order valence-electron chi connectivity index (χ0n) is 12.9. The van der Waals surface area contributed by atoms with Crippen LogP contribution in [-0.2, 0) is 13.0 Å². The van der Waals surface area contributed by atoms with Gasteiger partial charge >= 0.3 is 0 Å². The van der Waals surface area contributed by atoms with Gasteiger partial charge in [0, 0.05) is 12.1 Å². The maximum absolute atomic E-state index is 13.4. The average molecular weight is 302 g/mol. The second-order valence-electron chi connectivity index (χ2n) is 5.18. The molecule has 0 aliphatic rings. The molecule has 0 aliphatic carbocycles. The Bertz CT molecular complexity index is 601. The Balaban J connectivity index is 1.73. The number of benzene rings is 2. The summed E-state index contributed by atoms with van der Waals surface area (Å²) in [6.45, 7) is 3.94. The van der Waals surface area contributed by atoms with Gasteiger partial charge in [-0.15, -0.1) is 0 Å². The van der Waals surface area contributed by atoms with Crippen LogP contribution < -0.4 is 15.8 Å². The van der Waals surface area contributed by atoms with Gasteiger partial charge in [0.05, 0.1) is 12.3 Å². The SMILES string of the molecule is CCOc1ccc(CCCNCc2ccccc2F)cc1N. The Hall–Kier alpha value is -2.07. The summed E-state index contributed by atoms with van der Waals surface area (Å²) in [7, 11) is 0. The first-order valence-corrected chi connectivity index (χ1v) is 7.66. The van der Waals surface area contributed by atoms with Crippen molar-refractivity contribution in [2.75, 3.05) is 18.9 Å².